The van der Waals surface area contributed by atoms with Gasteiger partial charge in [0.05, 0.1) is 5.52 Å². The zero-order valence-electron chi connectivity index (χ0n) is 10.7. The zero-order valence-corrected chi connectivity index (χ0v) is 10.7. The van der Waals surface area contributed by atoms with E-state index in [4.69, 9.17) is 0 Å². The quantitative estimate of drug-likeness (QED) is 0.801. The average molecular weight is 270 g/mol. The van der Waals surface area contributed by atoms with Crippen LogP contribution in [0.15, 0.2) is 18.2 Å². The van der Waals surface area contributed by atoms with E-state index in [9.17, 15) is 18.0 Å². The summed E-state index contributed by atoms with van der Waals surface area (Å²) in [7, 11) is 0. The SMILES string of the molecule is CC(C)(C)C(=O)c1ccc2[nH]nc(C(F)(F)F)c2c1. The van der Waals surface area contributed by atoms with Gasteiger partial charge >= 0.3 is 6.18 Å². The number of carbonyl (C=O) groups is 1. The van der Waals surface area contributed by atoms with Crippen LogP contribution in [0, 0.1) is 5.41 Å². The lowest BCUT2D eigenvalue weighted by Gasteiger charge is -2.16. The molecule has 102 valence electrons. The van der Waals surface area contributed by atoms with Crippen LogP contribution in [0.1, 0.15) is 36.8 Å². The van der Waals surface area contributed by atoms with E-state index in [-0.39, 0.29) is 22.2 Å². The van der Waals surface area contributed by atoms with Crippen molar-refractivity contribution in [1.29, 1.82) is 0 Å². The van der Waals surface area contributed by atoms with E-state index in [0.29, 0.717) is 0 Å². The number of rotatable bonds is 1. The number of ketones is 1. The second-order valence-corrected chi connectivity index (χ2v) is 5.41. The van der Waals surface area contributed by atoms with Gasteiger partial charge < -0.3 is 0 Å². The lowest BCUT2D eigenvalue weighted by molar-refractivity contribution is -0.139. The number of benzene rings is 1. The molecule has 0 fully saturated rings. The van der Waals surface area contributed by atoms with Crippen LogP contribution in [0.25, 0.3) is 10.9 Å². The molecule has 3 nitrogen and oxygen atoms in total. The Bertz CT molecular complexity index is 635. The molecule has 0 saturated heterocycles. The van der Waals surface area contributed by atoms with Crippen LogP contribution in [-0.2, 0) is 6.18 Å². The first-order chi connectivity index (χ1) is 8.60. The molecule has 19 heavy (non-hydrogen) atoms. The van der Waals surface area contributed by atoms with Crippen molar-refractivity contribution in [1.82, 2.24) is 10.2 Å². The first kappa shape index (κ1) is 13.6. The van der Waals surface area contributed by atoms with Crippen LogP contribution in [-0.4, -0.2) is 16.0 Å². The van der Waals surface area contributed by atoms with Gasteiger partial charge in [0.1, 0.15) is 0 Å². The molecule has 1 heterocycles. The topological polar surface area (TPSA) is 45.8 Å². The number of carbonyl (C=O) groups excluding carboxylic acids is 1. The van der Waals surface area contributed by atoms with E-state index in [0.717, 1.165) is 0 Å². The Morgan fingerprint density at radius 1 is 1.21 bits per heavy atom. The van der Waals surface area contributed by atoms with Crippen LogP contribution in [0.3, 0.4) is 0 Å². The number of nitrogens with zero attached hydrogens (tertiary/aromatic N) is 1. The number of alkyl halides is 3. The maximum Gasteiger partial charge on any atom is 0.435 e. The van der Waals surface area contributed by atoms with Gasteiger partial charge in [-0.15, -0.1) is 0 Å². The van der Waals surface area contributed by atoms with Gasteiger partial charge in [0.25, 0.3) is 0 Å². The van der Waals surface area contributed by atoms with E-state index < -0.39 is 17.3 Å². The Morgan fingerprint density at radius 2 is 1.84 bits per heavy atom. The summed E-state index contributed by atoms with van der Waals surface area (Å²) < 4.78 is 38.3. The van der Waals surface area contributed by atoms with Crippen molar-refractivity contribution in [3.63, 3.8) is 0 Å². The molecule has 0 amide bonds. The predicted octanol–water partition coefficient (Wildman–Crippen LogP) is 3.81. The Morgan fingerprint density at radius 3 is 2.37 bits per heavy atom. The number of nitrogens with one attached hydrogen (secondary N) is 1. The third kappa shape index (κ3) is 2.47. The van der Waals surface area contributed by atoms with E-state index >= 15 is 0 Å². The fourth-order valence-corrected chi connectivity index (χ4v) is 1.80. The summed E-state index contributed by atoms with van der Waals surface area (Å²) in [6, 6.07) is 4.19. The molecule has 2 aromatic rings. The molecule has 1 aromatic heterocycles. The first-order valence-electron chi connectivity index (χ1n) is 5.71. The summed E-state index contributed by atoms with van der Waals surface area (Å²) in [6.45, 7) is 5.17. The first-order valence-corrected chi connectivity index (χ1v) is 5.71. The average Bonchev–Trinajstić information content (AvgIpc) is 2.68. The number of Topliss-reactive ketones (excluding diaryl/α,β-unsaturated/α-hetero) is 1. The summed E-state index contributed by atoms with van der Waals surface area (Å²) in [5, 5.41) is 5.51. The highest BCUT2D eigenvalue weighted by molar-refractivity contribution is 6.02. The van der Waals surface area contributed by atoms with Crippen molar-refractivity contribution in [2.45, 2.75) is 26.9 Å². The largest absolute Gasteiger partial charge is 0.435 e. The molecule has 0 radical (unpaired) electrons. The van der Waals surface area contributed by atoms with Gasteiger partial charge in [0.15, 0.2) is 11.5 Å². The van der Waals surface area contributed by atoms with Crippen molar-refractivity contribution in [2.24, 2.45) is 5.41 Å². The zero-order chi connectivity index (χ0) is 14.4. The van der Waals surface area contributed by atoms with Crippen molar-refractivity contribution in [3.8, 4) is 0 Å². The Balaban J connectivity index is 2.60. The van der Waals surface area contributed by atoms with Crippen LogP contribution in [0.4, 0.5) is 13.2 Å². The van der Waals surface area contributed by atoms with E-state index in [1.165, 1.54) is 18.2 Å². The van der Waals surface area contributed by atoms with Gasteiger partial charge in [-0.05, 0) is 18.2 Å². The van der Waals surface area contributed by atoms with Gasteiger partial charge in [0, 0.05) is 16.4 Å². The number of hydrogen-bond donors (Lipinski definition) is 1. The molecule has 0 atom stereocenters. The van der Waals surface area contributed by atoms with Gasteiger partial charge in [-0.1, -0.05) is 20.8 Å². The van der Waals surface area contributed by atoms with Gasteiger partial charge in [-0.3, -0.25) is 9.89 Å². The Kier molecular flexibility index (Phi) is 2.91. The molecule has 1 N–H and O–H groups in total. The van der Waals surface area contributed by atoms with Gasteiger partial charge in [-0.25, -0.2) is 0 Å². The molecule has 1 aromatic carbocycles. The minimum Gasteiger partial charge on any atom is -0.294 e. The smallest absolute Gasteiger partial charge is 0.294 e. The molecule has 0 aliphatic rings. The van der Waals surface area contributed by atoms with Crippen LogP contribution in [0.5, 0.6) is 0 Å². The molecule has 0 spiro atoms. The number of fused-ring (bicyclic) bond motifs is 1. The fourth-order valence-electron chi connectivity index (χ4n) is 1.80. The minimum absolute atomic E-state index is 0.0809. The summed E-state index contributed by atoms with van der Waals surface area (Å²) >= 11 is 0. The van der Waals surface area contributed by atoms with E-state index in [2.05, 4.69) is 10.2 Å². The standard InChI is InChI=1S/C13H13F3N2O/c1-12(2,3)11(19)7-4-5-9-8(6-7)10(18-17-9)13(14,15)16/h4-6H,1-3H3,(H,17,18). The number of hydrogen-bond acceptors (Lipinski definition) is 2. The van der Waals surface area contributed by atoms with Crippen molar-refractivity contribution >= 4 is 16.7 Å². The number of halogens is 3. The maximum atomic E-state index is 12.8. The monoisotopic (exact) mass is 270 g/mol. The minimum atomic E-state index is -4.54. The van der Waals surface area contributed by atoms with Crippen LogP contribution >= 0.6 is 0 Å². The molecule has 0 aliphatic carbocycles. The second-order valence-electron chi connectivity index (χ2n) is 5.41. The van der Waals surface area contributed by atoms with Crippen molar-refractivity contribution in [3.05, 3.63) is 29.5 Å². The normalized spacial score (nSPS) is 12.9. The highest BCUT2D eigenvalue weighted by Crippen LogP contribution is 2.34. The predicted molar refractivity (Wildman–Crippen MR) is 64.9 cm³/mol. The molecular formula is C13H13F3N2O. The second kappa shape index (κ2) is 4.08. The van der Waals surface area contributed by atoms with E-state index in [1.54, 1.807) is 20.8 Å². The molecule has 2 rings (SSSR count). The molecule has 0 saturated carbocycles. The lowest BCUT2D eigenvalue weighted by Crippen LogP contribution is -2.20. The third-order valence-corrected chi connectivity index (χ3v) is 2.77. The van der Waals surface area contributed by atoms with Gasteiger partial charge in [-0.2, -0.15) is 18.3 Å². The third-order valence-electron chi connectivity index (χ3n) is 2.77. The highest BCUT2D eigenvalue weighted by Gasteiger charge is 2.36. The molecule has 0 unspecified atom stereocenters. The highest BCUT2D eigenvalue weighted by atomic mass is 19.4. The molecule has 0 bridgehead atoms. The summed E-state index contributed by atoms with van der Waals surface area (Å²) in [6.07, 6.45) is -4.54. The number of aromatic nitrogens is 2. The van der Waals surface area contributed by atoms with Gasteiger partial charge in [0.2, 0.25) is 0 Å². The number of aromatic amines is 1. The van der Waals surface area contributed by atoms with Crippen molar-refractivity contribution < 1.29 is 18.0 Å². The van der Waals surface area contributed by atoms with Crippen molar-refractivity contribution in [2.75, 3.05) is 0 Å². The molecular weight excluding hydrogens is 257 g/mol. The van der Waals surface area contributed by atoms with Crippen LogP contribution in [0.2, 0.25) is 0 Å². The maximum absolute atomic E-state index is 12.8. The Labute approximate surface area is 107 Å². The Hall–Kier alpha value is -1.85. The van der Waals surface area contributed by atoms with Crippen LogP contribution < -0.4 is 0 Å². The van der Waals surface area contributed by atoms with E-state index in [1.807, 2.05) is 0 Å². The lowest BCUT2D eigenvalue weighted by atomic mass is 9.86. The summed E-state index contributed by atoms with van der Waals surface area (Å²) in [5.41, 5.74) is -1.12. The summed E-state index contributed by atoms with van der Waals surface area (Å²) in [5.74, 6) is -0.205. The molecule has 0 aliphatic heterocycles. The summed E-state index contributed by atoms with van der Waals surface area (Å²) in [4.78, 5) is 12.1. The number of H-pyrrole nitrogens is 1. The fraction of sp³-hybridized carbons (Fsp3) is 0.385. The molecule has 6 heteroatoms.